The molecule has 2 aliphatic rings. The number of fused-ring (bicyclic) bond motifs is 1. The van der Waals surface area contributed by atoms with Crippen molar-refractivity contribution in [2.24, 2.45) is 17.6 Å². The molecule has 0 aromatic heterocycles. The smallest absolute Gasteiger partial charge is 0.242 e. The van der Waals surface area contributed by atoms with Crippen molar-refractivity contribution in [3.05, 3.63) is 29.8 Å². The van der Waals surface area contributed by atoms with Gasteiger partial charge in [-0.3, -0.25) is 10.1 Å². The molecule has 4 nitrogen and oxygen atoms in total. The van der Waals surface area contributed by atoms with Crippen LogP contribution in [0.25, 0.3) is 0 Å². The van der Waals surface area contributed by atoms with Crippen LogP contribution in [-0.2, 0) is 10.3 Å². The van der Waals surface area contributed by atoms with Crippen molar-refractivity contribution in [3.8, 4) is 5.75 Å². The zero-order chi connectivity index (χ0) is 13.5. The molecule has 4 heteroatoms. The van der Waals surface area contributed by atoms with Crippen LogP contribution in [0.5, 0.6) is 5.75 Å². The Balaban J connectivity index is 2.01. The fraction of sp³-hybridized carbons (Fsp3) is 0.533. The lowest BCUT2D eigenvalue weighted by Crippen LogP contribution is -2.60. The van der Waals surface area contributed by atoms with Crippen LogP contribution in [0.2, 0.25) is 0 Å². The summed E-state index contributed by atoms with van der Waals surface area (Å²) in [6, 6.07) is 7.69. The van der Waals surface area contributed by atoms with Crippen LogP contribution in [0.1, 0.15) is 25.3 Å². The first-order valence-corrected chi connectivity index (χ1v) is 6.92. The van der Waals surface area contributed by atoms with Gasteiger partial charge in [0, 0.05) is 11.5 Å². The van der Waals surface area contributed by atoms with Gasteiger partial charge in [-0.2, -0.15) is 0 Å². The number of nitrogens with one attached hydrogen (secondary N) is 1. The van der Waals surface area contributed by atoms with Gasteiger partial charge in [0.15, 0.2) is 0 Å². The minimum absolute atomic E-state index is 0.0265. The van der Waals surface area contributed by atoms with Crippen LogP contribution in [0.4, 0.5) is 0 Å². The van der Waals surface area contributed by atoms with Crippen LogP contribution in [-0.4, -0.2) is 19.1 Å². The molecule has 3 N–H and O–H groups in total. The summed E-state index contributed by atoms with van der Waals surface area (Å²) >= 11 is 0. The van der Waals surface area contributed by atoms with E-state index < -0.39 is 5.54 Å². The summed E-state index contributed by atoms with van der Waals surface area (Å²) in [5, 5.41) is 3.45. The Morgan fingerprint density at radius 1 is 1.47 bits per heavy atom. The summed E-state index contributed by atoms with van der Waals surface area (Å²) in [6.45, 7) is 3.37. The molecule has 1 amide bonds. The van der Waals surface area contributed by atoms with E-state index in [1.807, 2.05) is 31.2 Å². The summed E-state index contributed by atoms with van der Waals surface area (Å²) in [7, 11) is 0. The third kappa shape index (κ3) is 2.00. The quantitative estimate of drug-likeness (QED) is 0.860. The van der Waals surface area contributed by atoms with E-state index >= 15 is 0 Å². The van der Waals surface area contributed by atoms with Crippen molar-refractivity contribution in [2.45, 2.75) is 25.3 Å². The van der Waals surface area contributed by atoms with E-state index in [9.17, 15) is 4.79 Å². The number of para-hydroxylation sites is 1. The van der Waals surface area contributed by atoms with Crippen molar-refractivity contribution in [1.82, 2.24) is 5.32 Å². The molecule has 1 aliphatic heterocycles. The normalized spacial score (nSPS) is 29.4. The molecular formula is C15H20N2O2. The molecule has 3 rings (SSSR count). The average Bonchev–Trinajstić information content (AvgIpc) is 3.21. The molecule has 2 atom stereocenters. The maximum atomic E-state index is 12.2. The minimum atomic E-state index is -0.794. The van der Waals surface area contributed by atoms with Gasteiger partial charge in [0.25, 0.3) is 0 Å². The van der Waals surface area contributed by atoms with Crippen LogP contribution in [0.15, 0.2) is 24.3 Å². The summed E-state index contributed by atoms with van der Waals surface area (Å²) in [4.78, 5) is 12.2. The van der Waals surface area contributed by atoms with Gasteiger partial charge in [-0.25, -0.2) is 0 Å². The van der Waals surface area contributed by atoms with Crippen molar-refractivity contribution < 1.29 is 9.53 Å². The number of carbonyl (C=O) groups excluding carboxylic acids is 1. The Morgan fingerprint density at radius 3 is 2.89 bits per heavy atom. The number of primary amides is 1. The molecule has 19 heavy (non-hydrogen) atoms. The van der Waals surface area contributed by atoms with E-state index in [1.165, 1.54) is 12.8 Å². The van der Waals surface area contributed by atoms with Gasteiger partial charge in [0.1, 0.15) is 11.3 Å². The van der Waals surface area contributed by atoms with Crippen molar-refractivity contribution >= 4 is 5.91 Å². The monoisotopic (exact) mass is 260 g/mol. The number of carbonyl (C=O) groups is 1. The van der Waals surface area contributed by atoms with Gasteiger partial charge in [-0.05, 0) is 31.4 Å². The molecular weight excluding hydrogens is 240 g/mol. The lowest BCUT2D eigenvalue weighted by molar-refractivity contribution is -0.128. The predicted octanol–water partition coefficient (Wildman–Crippen LogP) is 1.40. The van der Waals surface area contributed by atoms with Crippen molar-refractivity contribution in [2.75, 3.05) is 13.2 Å². The van der Waals surface area contributed by atoms with E-state index in [0.29, 0.717) is 12.5 Å². The van der Waals surface area contributed by atoms with Crippen LogP contribution in [0.3, 0.4) is 0 Å². The topological polar surface area (TPSA) is 64.3 Å². The number of ether oxygens (including phenoxy) is 1. The molecule has 2 unspecified atom stereocenters. The number of hydrogen-bond donors (Lipinski definition) is 2. The Labute approximate surface area is 113 Å². The summed E-state index contributed by atoms with van der Waals surface area (Å²) in [5.74, 6) is 1.18. The summed E-state index contributed by atoms with van der Waals surface area (Å²) < 4.78 is 5.72. The van der Waals surface area contributed by atoms with Crippen LogP contribution >= 0.6 is 0 Å². The van der Waals surface area contributed by atoms with E-state index in [-0.39, 0.29) is 11.8 Å². The molecule has 1 heterocycles. The first-order chi connectivity index (χ1) is 9.14. The van der Waals surface area contributed by atoms with Gasteiger partial charge in [-0.15, -0.1) is 0 Å². The van der Waals surface area contributed by atoms with Gasteiger partial charge in [-0.1, -0.05) is 25.1 Å². The van der Waals surface area contributed by atoms with Gasteiger partial charge >= 0.3 is 0 Å². The third-order valence-electron chi connectivity index (χ3n) is 4.30. The van der Waals surface area contributed by atoms with Gasteiger partial charge < -0.3 is 10.5 Å². The fourth-order valence-electron chi connectivity index (χ4n) is 2.88. The van der Waals surface area contributed by atoms with Gasteiger partial charge in [0.2, 0.25) is 5.91 Å². The number of amides is 1. The van der Waals surface area contributed by atoms with Crippen LogP contribution < -0.4 is 15.8 Å². The predicted molar refractivity (Wildman–Crippen MR) is 72.7 cm³/mol. The summed E-state index contributed by atoms with van der Waals surface area (Å²) in [5.41, 5.74) is 5.84. The molecule has 0 saturated heterocycles. The van der Waals surface area contributed by atoms with Gasteiger partial charge in [0.05, 0.1) is 6.61 Å². The third-order valence-corrected chi connectivity index (χ3v) is 4.30. The Hall–Kier alpha value is -1.55. The standard InChI is InChI=1S/C15H20N2O2/c1-10-9-19-13-5-3-2-4-12(13)15(10,14(16)18)17-8-11-6-7-11/h2-5,10-11,17H,6-9H2,1H3,(H2,16,18). The van der Waals surface area contributed by atoms with Crippen molar-refractivity contribution in [3.63, 3.8) is 0 Å². The zero-order valence-electron chi connectivity index (χ0n) is 11.2. The molecule has 1 aliphatic carbocycles. The average molecular weight is 260 g/mol. The molecule has 0 radical (unpaired) electrons. The Morgan fingerprint density at radius 2 is 2.21 bits per heavy atom. The van der Waals surface area contributed by atoms with E-state index in [0.717, 1.165) is 17.9 Å². The Bertz CT molecular complexity index is 499. The molecule has 0 bridgehead atoms. The lowest BCUT2D eigenvalue weighted by Gasteiger charge is -2.42. The lowest BCUT2D eigenvalue weighted by atomic mass is 9.76. The SMILES string of the molecule is CC1COc2ccccc2C1(NCC1CC1)C(N)=O. The van der Waals surface area contributed by atoms with E-state index in [1.54, 1.807) is 0 Å². The highest BCUT2D eigenvalue weighted by Crippen LogP contribution is 2.41. The zero-order valence-corrected chi connectivity index (χ0v) is 11.2. The molecule has 1 aromatic carbocycles. The fourth-order valence-corrected chi connectivity index (χ4v) is 2.88. The molecule has 102 valence electrons. The second-order valence-corrected chi connectivity index (χ2v) is 5.70. The second-order valence-electron chi connectivity index (χ2n) is 5.70. The highest BCUT2D eigenvalue weighted by molar-refractivity contribution is 5.88. The maximum Gasteiger partial charge on any atom is 0.242 e. The molecule has 1 saturated carbocycles. The number of nitrogens with two attached hydrogens (primary N) is 1. The largest absolute Gasteiger partial charge is 0.493 e. The number of rotatable bonds is 4. The van der Waals surface area contributed by atoms with Crippen molar-refractivity contribution in [1.29, 1.82) is 0 Å². The Kier molecular flexibility index (Phi) is 2.97. The van der Waals surface area contributed by atoms with E-state index in [2.05, 4.69) is 5.32 Å². The highest BCUT2D eigenvalue weighted by atomic mass is 16.5. The minimum Gasteiger partial charge on any atom is -0.493 e. The molecule has 1 aromatic rings. The highest BCUT2D eigenvalue weighted by Gasteiger charge is 2.48. The number of benzene rings is 1. The first kappa shape index (κ1) is 12.5. The molecule has 0 spiro atoms. The second kappa shape index (κ2) is 4.53. The maximum absolute atomic E-state index is 12.2. The van der Waals surface area contributed by atoms with E-state index in [4.69, 9.17) is 10.5 Å². The summed E-state index contributed by atoms with van der Waals surface area (Å²) in [6.07, 6.45) is 2.49. The molecule has 1 fully saturated rings. The number of hydrogen-bond acceptors (Lipinski definition) is 3. The van der Waals surface area contributed by atoms with Crippen LogP contribution in [0, 0.1) is 11.8 Å². The first-order valence-electron chi connectivity index (χ1n) is 6.92.